The molecule has 0 aliphatic carbocycles. The van der Waals surface area contributed by atoms with Crippen molar-refractivity contribution in [2.45, 2.75) is 38.6 Å². The second-order valence-corrected chi connectivity index (χ2v) is 5.25. The van der Waals surface area contributed by atoms with Crippen LogP contribution in [0.4, 0.5) is 0 Å². The molecule has 3 nitrogen and oxygen atoms in total. The molecule has 0 bridgehead atoms. The maximum atomic E-state index is 5.63. The van der Waals surface area contributed by atoms with Crippen molar-refractivity contribution in [1.82, 2.24) is 4.90 Å². The van der Waals surface area contributed by atoms with Crippen LogP contribution in [0.25, 0.3) is 0 Å². The summed E-state index contributed by atoms with van der Waals surface area (Å²) in [6.07, 6.45) is 3.59. The molecule has 0 aromatic rings. The summed E-state index contributed by atoms with van der Waals surface area (Å²) in [5.74, 6) is 0.799. The largest absolute Gasteiger partial charge is 0.385 e. The lowest BCUT2D eigenvalue weighted by Gasteiger charge is -2.31. The first kappa shape index (κ1) is 12.9. The molecule has 1 aliphatic heterocycles. The highest BCUT2D eigenvalue weighted by Gasteiger charge is 2.36. The van der Waals surface area contributed by atoms with Gasteiger partial charge in [0.05, 0.1) is 0 Å². The molecule has 0 saturated carbocycles. The summed E-state index contributed by atoms with van der Waals surface area (Å²) in [5.41, 5.74) is 5.98. The van der Waals surface area contributed by atoms with Gasteiger partial charge in [-0.25, -0.2) is 0 Å². The summed E-state index contributed by atoms with van der Waals surface area (Å²) >= 11 is 0. The molecule has 1 aliphatic rings. The van der Waals surface area contributed by atoms with Crippen molar-refractivity contribution < 1.29 is 4.74 Å². The van der Waals surface area contributed by atoms with Crippen molar-refractivity contribution >= 4 is 0 Å². The minimum atomic E-state index is 0.355. The summed E-state index contributed by atoms with van der Waals surface area (Å²) in [4.78, 5) is 2.59. The Bertz CT molecular complexity index is 182. The highest BCUT2D eigenvalue weighted by atomic mass is 16.5. The van der Waals surface area contributed by atoms with E-state index in [0.29, 0.717) is 5.54 Å². The van der Waals surface area contributed by atoms with Gasteiger partial charge in [0.15, 0.2) is 0 Å². The van der Waals surface area contributed by atoms with Gasteiger partial charge in [0.2, 0.25) is 0 Å². The maximum absolute atomic E-state index is 5.63. The standard InChI is InChI=1S/C12H26N2O/c1-12(2)9-11(5-6-13)10-14(12)7-4-8-15-3/h11H,4-10,13H2,1-3H3. The zero-order chi connectivity index (χ0) is 11.3. The van der Waals surface area contributed by atoms with E-state index in [-0.39, 0.29) is 0 Å². The molecule has 90 valence electrons. The fourth-order valence-corrected chi connectivity index (χ4v) is 2.68. The van der Waals surface area contributed by atoms with E-state index in [9.17, 15) is 0 Å². The number of nitrogens with zero attached hydrogens (tertiary/aromatic N) is 1. The van der Waals surface area contributed by atoms with E-state index in [1.807, 2.05) is 0 Å². The van der Waals surface area contributed by atoms with Gasteiger partial charge in [-0.1, -0.05) is 0 Å². The molecule has 0 amide bonds. The monoisotopic (exact) mass is 214 g/mol. The van der Waals surface area contributed by atoms with Crippen LogP contribution >= 0.6 is 0 Å². The van der Waals surface area contributed by atoms with Gasteiger partial charge in [-0.15, -0.1) is 0 Å². The Balaban J connectivity index is 2.36. The van der Waals surface area contributed by atoms with Crippen molar-refractivity contribution in [3.8, 4) is 0 Å². The van der Waals surface area contributed by atoms with Gasteiger partial charge in [-0.3, -0.25) is 4.90 Å². The number of methoxy groups -OCH3 is 1. The fourth-order valence-electron chi connectivity index (χ4n) is 2.68. The van der Waals surface area contributed by atoms with Crippen LogP contribution in [0.1, 0.15) is 33.1 Å². The van der Waals surface area contributed by atoms with Crippen LogP contribution in [0.3, 0.4) is 0 Å². The lowest BCUT2D eigenvalue weighted by atomic mass is 9.94. The average molecular weight is 214 g/mol. The third-order valence-corrected chi connectivity index (χ3v) is 3.47. The molecule has 1 heterocycles. The predicted octanol–water partition coefficient (Wildman–Crippen LogP) is 1.47. The van der Waals surface area contributed by atoms with Gasteiger partial charge < -0.3 is 10.5 Å². The summed E-state index contributed by atoms with van der Waals surface area (Å²) in [5, 5.41) is 0. The molecule has 2 N–H and O–H groups in total. The molecular formula is C12H26N2O. The van der Waals surface area contributed by atoms with Gasteiger partial charge in [-0.05, 0) is 45.6 Å². The molecule has 1 saturated heterocycles. The highest BCUT2D eigenvalue weighted by Crippen LogP contribution is 2.33. The molecule has 0 spiro atoms. The highest BCUT2D eigenvalue weighted by molar-refractivity contribution is 4.92. The zero-order valence-corrected chi connectivity index (χ0v) is 10.5. The number of hydrogen-bond donors (Lipinski definition) is 1. The Morgan fingerprint density at radius 3 is 2.80 bits per heavy atom. The lowest BCUT2D eigenvalue weighted by Crippen LogP contribution is -2.39. The van der Waals surface area contributed by atoms with Gasteiger partial charge in [0.1, 0.15) is 0 Å². The molecule has 15 heavy (non-hydrogen) atoms. The number of rotatable bonds is 6. The number of hydrogen-bond acceptors (Lipinski definition) is 3. The molecular weight excluding hydrogens is 188 g/mol. The van der Waals surface area contributed by atoms with Gasteiger partial charge >= 0.3 is 0 Å². The Labute approximate surface area is 94.0 Å². The van der Waals surface area contributed by atoms with E-state index in [0.717, 1.165) is 32.0 Å². The lowest BCUT2D eigenvalue weighted by molar-refractivity contribution is 0.137. The van der Waals surface area contributed by atoms with E-state index in [4.69, 9.17) is 10.5 Å². The van der Waals surface area contributed by atoms with Crippen molar-refractivity contribution in [2.24, 2.45) is 11.7 Å². The molecule has 1 atom stereocenters. The number of nitrogens with two attached hydrogens (primary N) is 1. The minimum absolute atomic E-state index is 0.355. The Morgan fingerprint density at radius 1 is 1.47 bits per heavy atom. The van der Waals surface area contributed by atoms with Crippen LogP contribution in [0, 0.1) is 5.92 Å². The van der Waals surface area contributed by atoms with Crippen LogP contribution in [0.15, 0.2) is 0 Å². The van der Waals surface area contributed by atoms with Gasteiger partial charge in [0, 0.05) is 32.3 Å². The second kappa shape index (κ2) is 5.83. The van der Waals surface area contributed by atoms with Crippen LogP contribution < -0.4 is 5.73 Å². The van der Waals surface area contributed by atoms with Crippen LogP contribution in [-0.4, -0.2) is 43.8 Å². The summed E-state index contributed by atoms with van der Waals surface area (Å²) in [6.45, 7) is 8.75. The van der Waals surface area contributed by atoms with Gasteiger partial charge in [0.25, 0.3) is 0 Å². The molecule has 1 fully saturated rings. The van der Waals surface area contributed by atoms with E-state index in [2.05, 4.69) is 18.7 Å². The third kappa shape index (κ3) is 3.74. The molecule has 1 unspecified atom stereocenters. The Morgan fingerprint density at radius 2 is 2.20 bits per heavy atom. The predicted molar refractivity (Wildman–Crippen MR) is 63.9 cm³/mol. The van der Waals surface area contributed by atoms with E-state index in [1.165, 1.54) is 19.4 Å². The normalized spacial score (nSPS) is 26.0. The van der Waals surface area contributed by atoms with E-state index in [1.54, 1.807) is 7.11 Å². The fraction of sp³-hybridized carbons (Fsp3) is 1.00. The number of ether oxygens (including phenoxy) is 1. The van der Waals surface area contributed by atoms with Crippen molar-refractivity contribution in [1.29, 1.82) is 0 Å². The van der Waals surface area contributed by atoms with Crippen molar-refractivity contribution in [2.75, 3.05) is 33.4 Å². The van der Waals surface area contributed by atoms with Crippen molar-refractivity contribution in [3.63, 3.8) is 0 Å². The molecule has 0 aromatic heterocycles. The molecule has 0 radical (unpaired) electrons. The second-order valence-electron chi connectivity index (χ2n) is 5.25. The molecule has 1 rings (SSSR count). The summed E-state index contributed by atoms with van der Waals surface area (Å²) in [7, 11) is 1.77. The van der Waals surface area contributed by atoms with Crippen LogP contribution in [-0.2, 0) is 4.74 Å². The zero-order valence-electron chi connectivity index (χ0n) is 10.5. The SMILES string of the molecule is COCCCN1CC(CCN)CC1(C)C. The van der Waals surface area contributed by atoms with Crippen molar-refractivity contribution in [3.05, 3.63) is 0 Å². The maximum Gasteiger partial charge on any atom is 0.0474 e. The summed E-state index contributed by atoms with van der Waals surface area (Å²) in [6, 6.07) is 0. The smallest absolute Gasteiger partial charge is 0.0474 e. The first-order valence-electron chi connectivity index (χ1n) is 6.04. The van der Waals surface area contributed by atoms with Gasteiger partial charge in [-0.2, -0.15) is 0 Å². The molecule has 0 aromatic carbocycles. The van der Waals surface area contributed by atoms with Crippen LogP contribution in [0.5, 0.6) is 0 Å². The van der Waals surface area contributed by atoms with E-state index >= 15 is 0 Å². The van der Waals surface area contributed by atoms with Crippen LogP contribution in [0.2, 0.25) is 0 Å². The Kier molecular flexibility index (Phi) is 5.03. The first-order chi connectivity index (χ1) is 7.10. The average Bonchev–Trinajstić information content (AvgIpc) is 2.42. The molecule has 3 heteroatoms. The quantitative estimate of drug-likeness (QED) is 0.681. The summed E-state index contributed by atoms with van der Waals surface area (Å²) < 4.78 is 5.10. The Hall–Kier alpha value is -0.120. The topological polar surface area (TPSA) is 38.5 Å². The minimum Gasteiger partial charge on any atom is -0.385 e. The van der Waals surface area contributed by atoms with E-state index < -0.39 is 0 Å². The third-order valence-electron chi connectivity index (χ3n) is 3.47. The first-order valence-corrected chi connectivity index (χ1v) is 6.04. The number of likely N-dealkylation sites (tertiary alicyclic amines) is 1.